The molecule has 0 aliphatic carbocycles. The molecule has 1 aromatic rings. The van der Waals surface area contributed by atoms with Crippen LogP contribution >= 0.6 is 31.9 Å². The van der Waals surface area contributed by atoms with E-state index in [2.05, 4.69) is 54.0 Å². The normalized spacial score (nSPS) is 9.07. The predicted molar refractivity (Wildman–Crippen MR) is 66.2 cm³/mol. The summed E-state index contributed by atoms with van der Waals surface area (Å²) < 4.78 is 1.92. The predicted octanol–water partition coefficient (Wildman–Crippen LogP) is 3.43. The molecule has 2 nitrogen and oxygen atoms in total. The summed E-state index contributed by atoms with van der Waals surface area (Å²) in [6, 6.07) is 1.96. The van der Waals surface area contributed by atoms with Crippen LogP contribution in [-0.2, 0) is 0 Å². The van der Waals surface area contributed by atoms with E-state index >= 15 is 0 Å². The zero-order valence-electron chi connectivity index (χ0n) is 7.77. The van der Waals surface area contributed by atoms with Crippen LogP contribution in [0.25, 0.3) is 0 Å². The molecule has 0 radical (unpaired) electrons. The Labute approximate surface area is 101 Å². The van der Waals surface area contributed by atoms with Crippen molar-refractivity contribution in [2.75, 3.05) is 11.9 Å². The van der Waals surface area contributed by atoms with Gasteiger partial charge in [-0.25, -0.2) is 4.98 Å². The summed E-state index contributed by atoms with van der Waals surface area (Å²) in [7, 11) is 0. The van der Waals surface area contributed by atoms with Crippen LogP contribution in [-0.4, -0.2) is 11.5 Å². The number of halogens is 2. The van der Waals surface area contributed by atoms with Crippen LogP contribution in [0.2, 0.25) is 0 Å². The fourth-order valence-electron chi connectivity index (χ4n) is 0.913. The van der Waals surface area contributed by atoms with Crippen LogP contribution < -0.4 is 5.32 Å². The van der Waals surface area contributed by atoms with Gasteiger partial charge in [-0.05, 0) is 44.8 Å². The third kappa shape index (κ3) is 3.69. The van der Waals surface area contributed by atoms with Gasteiger partial charge >= 0.3 is 0 Å². The van der Waals surface area contributed by atoms with Gasteiger partial charge in [0.25, 0.3) is 0 Å². The van der Waals surface area contributed by atoms with Gasteiger partial charge in [0.05, 0.1) is 4.47 Å². The van der Waals surface area contributed by atoms with Gasteiger partial charge in [-0.2, -0.15) is 0 Å². The lowest BCUT2D eigenvalue weighted by atomic mass is 10.4. The van der Waals surface area contributed by atoms with Crippen molar-refractivity contribution in [2.45, 2.75) is 13.3 Å². The highest BCUT2D eigenvalue weighted by atomic mass is 79.9. The molecule has 0 amide bonds. The highest BCUT2D eigenvalue weighted by molar-refractivity contribution is 9.11. The minimum atomic E-state index is 0.814. The molecule has 0 unspecified atom stereocenters. The number of rotatable bonds is 3. The maximum Gasteiger partial charge on any atom is 0.140 e. The monoisotopic (exact) mass is 316 g/mol. The molecule has 0 aliphatic rings. The number of pyridine rings is 1. The molecule has 1 aromatic heterocycles. The Balaban J connectivity index is 2.53. The third-order valence-corrected chi connectivity index (χ3v) is 2.57. The molecular weight excluding hydrogens is 308 g/mol. The first-order chi connectivity index (χ1) is 6.74. The summed E-state index contributed by atoms with van der Waals surface area (Å²) in [6.07, 6.45) is 2.60. The maximum absolute atomic E-state index is 4.22. The Kier molecular flexibility index (Phi) is 4.99. The molecule has 0 fully saturated rings. The second-order valence-electron chi connectivity index (χ2n) is 2.59. The largest absolute Gasteiger partial charge is 0.368 e. The smallest absolute Gasteiger partial charge is 0.140 e. The SMILES string of the molecule is CC#CCCNc1ncc(Br)cc1Br. The zero-order valence-corrected chi connectivity index (χ0v) is 10.9. The van der Waals surface area contributed by atoms with Crippen molar-refractivity contribution in [1.82, 2.24) is 4.98 Å². The number of aromatic nitrogens is 1. The minimum absolute atomic E-state index is 0.814. The molecule has 0 spiro atoms. The Hall–Kier alpha value is -0.530. The van der Waals surface area contributed by atoms with Crippen molar-refractivity contribution in [3.63, 3.8) is 0 Å². The molecule has 0 aromatic carbocycles. The molecule has 4 heteroatoms. The van der Waals surface area contributed by atoms with Crippen LogP contribution in [0.4, 0.5) is 5.82 Å². The van der Waals surface area contributed by atoms with Gasteiger partial charge in [0.2, 0.25) is 0 Å². The van der Waals surface area contributed by atoms with Gasteiger partial charge in [-0.3, -0.25) is 0 Å². The van der Waals surface area contributed by atoms with Gasteiger partial charge in [0, 0.05) is 23.6 Å². The molecule has 0 bridgehead atoms. The Morgan fingerprint density at radius 2 is 2.29 bits per heavy atom. The molecule has 1 N–H and O–H groups in total. The second-order valence-corrected chi connectivity index (χ2v) is 4.36. The summed E-state index contributed by atoms with van der Waals surface area (Å²) in [5, 5.41) is 3.19. The highest BCUT2D eigenvalue weighted by Gasteiger charge is 1.99. The van der Waals surface area contributed by atoms with E-state index in [1.54, 1.807) is 6.20 Å². The fourth-order valence-corrected chi connectivity index (χ4v) is 2.04. The second kappa shape index (κ2) is 6.05. The van der Waals surface area contributed by atoms with Crippen molar-refractivity contribution in [3.8, 4) is 11.8 Å². The van der Waals surface area contributed by atoms with E-state index in [0.29, 0.717) is 0 Å². The fraction of sp³-hybridized carbons (Fsp3) is 0.300. The van der Waals surface area contributed by atoms with E-state index in [1.165, 1.54) is 0 Å². The first kappa shape index (κ1) is 11.5. The Morgan fingerprint density at radius 1 is 1.50 bits per heavy atom. The molecule has 0 saturated heterocycles. The van der Waals surface area contributed by atoms with Gasteiger partial charge in [0.1, 0.15) is 5.82 Å². The summed E-state index contributed by atoms with van der Waals surface area (Å²) in [5.74, 6) is 6.69. The standard InChI is InChI=1S/C10H10Br2N2/c1-2-3-4-5-13-10-9(12)6-8(11)7-14-10/h6-7H,4-5H2,1H3,(H,13,14). The first-order valence-electron chi connectivity index (χ1n) is 4.18. The van der Waals surface area contributed by atoms with E-state index in [0.717, 1.165) is 27.7 Å². The summed E-state index contributed by atoms with van der Waals surface area (Å²) >= 11 is 6.77. The van der Waals surface area contributed by atoms with Crippen molar-refractivity contribution >= 4 is 37.7 Å². The topological polar surface area (TPSA) is 24.9 Å². The lowest BCUT2D eigenvalue weighted by Crippen LogP contribution is -2.02. The number of hydrogen-bond donors (Lipinski definition) is 1. The van der Waals surface area contributed by atoms with Crippen molar-refractivity contribution in [3.05, 3.63) is 21.2 Å². The number of nitrogens with zero attached hydrogens (tertiary/aromatic N) is 1. The average molecular weight is 318 g/mol. The number of nitrogens with one attached hydrogen (secondary N) is 1. The lowest BCUT2D eigenvalue weighted by molar-refractivity contribution is 1.07. The van der Waals surface area contributed by atoms with Gasteiger partial charge in [-0.15, -0.1) is 11.8 Å². The molecule has 0 saturated carbocycles. The summed E-state index contributed by atoms with van der Waals surface area (Å²) in [4.78, 5) is 4.22. The molecular formula is C10H10Br2N2. The molecule has 0 aliphatic heterocycles. The van der Waals surface area contributed by atoms with Gasteiger partial charge in [-0.1, -0.05) is 0 Å². The van der Waals surface area contributed by atoms with Crippen LogP contribution in [0, 0.1) is 11.8 Å². The van der Waals surface area contributed by atoms with E-state index in [1.807, 2.05) is 13.0 Å². The summed E-state index contributed by atoms with van der Waals surface area (Å²) in [6.45, 7) is 2.65. The zero-order chi connectivity index (χ0) is 10.4. The van der Waals surface area contributed by atoms with Gasteiger partial charge in [0.15, 0.2) is 0 Å². The highest BCUT2D eigenvalue weighted by Crippen LogP contribution is 2.23. The minimum Gasteiger partial charge on any atom is -0.368 e. The quantitative estimate of drug-likeness (QED) is 0.682. The van der Waals surface area contributed by atoms with Crippen molar-refractivity contribution < 1.29 is 0 Å². The lowest BCUT2D eigenvalue weighted by Gasteiger charge is -2.05. The van der Waals surface area contributed by atoms with Crippen molar-refractivity contribution in [2.24, 2.45) is 0 Å². The van der Waals surface area contributed by atoms with Crippen LogP contribution in [0.1, 0.15) is 13.3 Å². The van der Waals surface area contributed by atoms with E-state index in [9.17, 15) is 0 Å². The van der Waals surface area contributed by atoms with Crippen LogP contribution in [0.15, 0.2) is 21.2 Å². The van der Waals surface area contributed by atoms with E-state index < -0.39 is 0 Å². The Morgan fingerprint density at radius 3 is 2.93 bits per heavy atom. The van der Waals surface area contributed by atoms with Crippen LogP contribution in [0.3, 0.4) is 0 Å². The average Bonchev–Trinajstić information content (AvgIpc) is 2.15. The summed E-state index contributed by atoms with van der Waals surface area (Å²) in [5.41, 5.74) is 0. The van der Waals surface area contributed by atoms with Crippen molar-refractivity contribution in [1.29, 1.82) is 0 Å². The van der Waals surface area contributed by atoms with Crippen LogP contribution in [0.5, 0.6) is 0 Å². The number of anilines is 1. The third-order valence-electron chi connectivity index (χ3n) is 1.53. The van der Waals surface area contributed by atoms with E-state index in [-0.39, 0.29) is 0 Å². The molecule has 0 atom stereocenters. The number of hydrogen-bond acceptors (Lipinski definition) is 2. The molecule has 1 heterocycles. The first-order valence-corrected chi connectivity index (χ1v) is 5.77. The Bertz CT molecular complexity index is 366. The maximum atomic E-state index is 4.22. The van der Waals surface area contributed by atoms with Gasteiger partial charge < -0.3 is 5.32 Å². The van der Waals surface area contributed by atoms with E-state index in [4.69, 9.17) is 0 Å². The molecule has 14 heavy (non-hydrogen) atoms. The molecule has 74 valence electrons. The molecule has 1 rings (SSSR count).